The summed E-state index contributed by atoms with van der Waals surface area (Å²) in [5.41, 5.74) is 24.7. The number of fused-ring (bicyclic) bond motifs is 5. The number of nitrogens with two attached hydrogens (primary N) is 1. The van der Waals surface area contributed by atoms with Gasteiger partial charge in [-0.05, 0) is 194 Å². The van der Waals surface area contributed by atoms with Crippen LogP contribution in [0.5, 0.6) is 0 Å². The number of aromatic amines is 5. The predicted molar refractivity (Wildman–Crippen MR) is 511 cm³/mol. The number of unbranched alkanes of at least 4 members (excludes halogenated alkanes) is 1. The van der Waals surface area contributed by atoms with Gasteiger partial charge in [0.05, 0.1) is 59.2 Å². The quantitative estimate of drug-likeness (QED) is 0.0213. The van der Waals surface area contributed by atoms with Crippen molar-refractivity contribution in [1.29, 1.82) is 0 Å². The molecule has 0 saturated carbocycles. The lowest BCUT2D eigenvalue weighted by molar-refractivity contribution is 0.0727. The molecule has 1 unspecified atom stereocenters. The molecule has 3 aliphatic rings. The highest BCUT2D eigenvalue weighted by Crippen LogP contribution is 2.36. The van der Waals surface area contributed by atoms with Crippen LogP contribution in [0.2, 0.25) is 5.02 Å². The zero-order valence-corrected chi connectivity index (χ0v) is 78.3. The number of H-pyrrole nitrogens is 5. The summed E-state index contributed by atoms with van der Waals surface area (Å²) in [5.74, 6) is -0.0862. The van der Waals surface area contributed by atoms with Gasteiger partial charge >= 0.3 is 0 Å². The predicted octanol–water partition coefficient (Wildman–Crippen LogP) is 20.2. The molecule has 8 heterocycles. The van der Waals surface area contributed by atoms with E-state index in [0.29, 0.717) is 172 Å². The minimum Gasteiger partial charge on any atom is -0.344 e. The number of ketones is 2. The second-order valence-electron chi connectivity index (χ2n) is 32.7. The fraction of sp³-hybridized carbons (Fsp3) is 0.280. The van der Waals surface area contributed by atoms with Crippen LogP contribution in [-0.4, -0.2) is 165 Å². The summed E-state index contributed by atoms with van der Waals surface area (Å²) in [7, 11) is 0. The number of Topliss-reactive ketones (excluding diaryl/α,β-unsaturated/α-hetero) is 2. The molecular weight excluding hydrogens is 1880 g/mol. The van der Waals surface area contributed by atoms with Crippen molar-refractivity contribution in [3.8, 4) is 12.3 Å². The highest BCUT2D eigenvalue weighted by molar-refractivity contribution is 9.11. The molecule has 10 aromatic carbocycles. The molecule has 3 amide bonds. The number of nitrogens with one attached hydrogen (secondary N) is 7. The molecule has 0 radical (unpaired) electrons. The third-order valence-electron chi connectivity index (χ3n) is 24.0. The molecule has 1 atom stereocenters. The van der Waals surface area contributed by atoms with Crippen molar-refractivity contribution in [2.45, 2.75) is 119 Å². The summed E-state index contributed by atoms with van der Waals surface area (Å²) in [6.45, 7) is 20.2. The van der Waals surface area contributed by atoms with Crippen LogP contribution in [0.25, 0.3) is 55.2 Å². The van der Waals surface area contributed by atoms with E-state index < -0.39 is 29.1 Å². The first kappa shape index (κ1) is 94.2. The molecule has 9 N–H and O–H groups in total. The monoisotopic (exact) mass is 1970 g/mol. The first-order chi connectivity index (χ1) is 62.6. The molecule has 5 aromatic heterocycles. The highest BCUT2D eigenvalue weighted by Gasteiger charge is 2.32. The fourth-order valence-corrected chi connectivity index (χ4v) is 18.2. The highest BCUT2D eigenvalue weighted by atomic mass is 79.9. The van der Waals surface area contributed by atoms with Crippen LogP contribution in [0.3, 0.4) is 0 Å². The SMILES string of the molecule is C#Cc1ccc(Cc2c(C(=O)N3CCNCC3)cc3[nH]cnc3c2F)c(C)c1.CCC(=O)c1cc2[nH]cnc2c(F)c1Cc1ccc(Cl)cc1C.CCCCC(=O)c1cc2[nH]cnc2c(F)c1Cc1ccc(Br)cc1C.Cc1cc(Br)ccc1Cc1c(C(=O)N2CCC(N)C2)cc2[nH]cnc2c1F.Cc1cc(Br)ccc1Cc1c(C(=O)N2CCNCC2)cc2[nH]cnc2c1F. The average molecular weight is 1970 g/mol. The molecule has 130 heavy (non-hydrogen) atoms. The van der Waals surface area contributed by atoms with Crippen LogP contribution in [0, 0.1) is 76.0 Å². The van der Waals surface area contributed by atoms with Gasteiger partial charge in [0.15, 0.2) is 40.7 Å². The third kappa shape index (κ3) is 21.4. The minimum absolute atomic E-state index is 0.0120. The van der Waals surface area contributed by atoms with Crippen LogP contribution in [0.1, 0.15) is 187 Å². The van der Waals surface area contributed by atoms with Gasteiger partial charge in [0.25, 0.3) is 17.7 Å². The number of halogens is 9. The van der Waals surface area contributed by atoms with Gasteiger partial charge in [-0.2, -0.15) is 0 Å². The maximum absolute atomic E-state index is 15.4. The van der Waals surface area contributed by atoms with Crippen molar-refractivity contribution < 1.29 is 45.9 Å². The molecular formula is C100H97Br3ClF5N16O5. The Bertz CT molecular complexity index is 6700. The second-order valence-corrected chi connectivity index (χ2v) is 35.9. The number of likely N-dealkylation sites (tertiary alicyclic amines) is 1. The van der Waals surface area contributed by atoms with E-state index >= 15 is 17.6 Å². The number of nitrogens with zero attached hydrogens (tertiary/aromatic N) is 8. The van der Waals surface area contributed by atoms with Crippen molar-refractivity contribution in [2.24, 2.45) is 5.73 Å². The number of amides is 3. The van der Waals surface area contributed by atoms with Crippen LogP contribution in [0.4, 0.5) is 22.0 Å². The number of hydrogen-bond donors (Lipinski definition) is 8. The Kier molecular flexibility index (Phi) is 30.7. The van der Waals surface area contributed by atoms with Gasteiger partial charge in [-0.25, -0.2) is 46.9 Å². The molecule has 15 aromatic rings. The molecule has 3 fully saturated rings. The molecule has 670 valence electrons. The molecule has 0 spiro atoms. The Balaban J connectivity index is 0.000000131. The molecule has 18 rings (SSSR count). The lowest BCUT2D eigenvalue weighted by Crippen LogP contribution is -2.46. The summed E-state index contributed by atoms with van der Waals surface area (Å²) in [5, 5.41) is 7.11. The fourth-order valence-electron chi connectivity index (χ4n) is 16.6. The number of aryl methyl sites for hydroxylation is 5. The standard InChI is InChI=1S/C22H21FN4O.2C20H20BrFN4O.C20H20BrFN2O.C18H16ClFN2O/c1-3-15-4-5-16(14(2)10-15)11-17-18(22(28)27-8-6-24-7-9-27)12-19-21(20(17)23)26-13-25-19;1-12-8-14(21)3-2-13(12)9-15-16(20(27)26-6-4-23-5-7-26)10-17-19(18(15)22)25-11-24-17;1-11-6-13(21)3-2-12(11)7-15-16(20(27)26-5-4-14(23)9-26)8-17-19(18(15)22)25-10-24-17;1-3-4-5-18(25)15-10-17-20(24-11-23-17)19(22)16(15)9-13-6-7-14(21)8-12(13)2;1-3-16(23)13-8-15-18(22-9-21-15)17(20)14(13)7-11-4-5-12(19)6-10(11)2/h1,4-5,10,12-13,24H,6-9,11H2,2H3,(H,25,26);2-3,8,10-11,23H,4-7,9H2,1H3,(H,24,25);2-3,6,8,10,14H,4-5,7,9,23H2,1H3,(H,24,25);6-8,10-11H,3-5,9H2,1-2H3,(H,23,24);4-6,8-9H,3,7H2,1-2H3,(H,21,22). The van der Waals surface area contributed by atoms with E-state index in [1.165, 1.54) is 31.6 Å². The Hall–Kier alpha value is -11.9. The van der Waals surface area contributed by atoms with E-state index in [4.69, 9.17) is 23.8 Å². The van der Waals surface area contributed by atoms with Crippen LogP contribution in [0.15, 0.2) is 166 Å². The van der Waals surface area contributed by atoms with Crippen molar-refractivity contribution >= 4 is 144 Å². The summed E-state index contributed by atoms with van der Waals surface area (Å²) in [4.78, 5) is 105. The maximum Gasteiger partial charge on any atom is 0.254 e. The first-order valence-corrected chi connectivity index (χ1v) is 45.7. The number of rotatable bonds is 19. The molecule has 3 aliphatic heterocycles. The van der Waals surface area contributed by atoms with Gasteiger partial charge in [-0.3, -0.25) is 24.0 Å². The van der Waals surface area contributed by atoms with Crippen LogP contribution < -0.4 is 16.4 Å². The van der Waals surface area contributed by atoms with Crippen LogP contribution >= 0.6 is 59.4 Å². The zero-order chi connectivity index (χ0) is 92.3. The summed E-state index contributed by atoms with van der Waals surface area (Å²) >= 11 is 16.3. The normalized spacial score (nSPS) is 13.8. The smallest absolute Gasteiger partial charge is 0.254 e. The van der Waals surface area contributed by atoms with E-state index in [-0.39, 0.29) is 62.9 Å². The number of benzene rings is 10. The summed E-state index contributed by atoms with van der Waals surface area (Å²) in [6.07, 6.45) is 17.7. The lowest BCUT2D eigenvalue weighted by atomic mass is 9.92. The Morgan fingerprint density at radius 1 is 0.423 bits per heavy atom. The van der Waals surface area contributed by atoms with E-state index in [9.17, 15) is 28.4 Å². The molecule has 0 bridgehead atoms. The number of hydrogen-bond acceptors (Lipinski definition) is 13. The minimum atomic E-state index is -0.447. The van der Waals surface area contributed by atoms with Gasteiger partial charge in [0.1, 0.15) is 27.6 Å². The van der Waals surface area contributed by atoms with Gasteiger partial charge in [-0.15, -0.1) is 6.42 Å². The van der Waals surface area contributed by atoms with Gasteiger partial charge in [0.2, 0.25) is 0 Å². The Morgan fingerprint density at radius 3 is 1.04 bits per heavy atom. The largest absolute Gasteiger partial charge is 0.344 e. The number of aromatic nitrogens is 10. The Morgan fingerprint density at radius 2 is 0.731 bits per heavy atom. The number of carbonyl (C=O) groups is 5. The number of imidazole rings is 5. The molecule has 30 heteroatoms. The van der Waals surface area contributed by atoms with Crippen LogP contribution in [-0.2, 0) is 32.1 Å². The van der Waals surface area contributed by atoms with E-state index in [0.717, 1.165) is 120 Å². The van der Waals surface area contributed by atoms with Crippen molar-refractivity contribution in [3.63, 3.8) is 0 Å². The Labute approximate surface area is 779 Å². The average Bonchev–Trinajstić information content (AvgIpc) is 1.47. The lowest BCUT2D eigenvalue weighted by Gasteiger charge is -2.28. The van der Waals surface area contributed by atoms with Gasteiger partial charge in [0, 0.05) is 196 Å². The first-order valence-electron chi connectivity index (χ1n) is 43.0. The number of carbonyl (C=O) groups excluding carboxylic acids is 5. The molecule has 0 aliphatic carbocycles. The molecule has 21 nitrogen and oxygen atoms in total. The molecule has 3 saturated heterocycles. The number of piperazine rings is 2. The van der Waals surface area contributed by atoms with E-state index in [1.807, 2.05) is 126 Å². The maximum atomic E-state index is 15.4. The van der Waals surface area contributed by atoms with E-state index in [1.54, 1.807) is 58.0 Å². The van der Waals surface area contributed by atoms with Crippen molar-refractivity contribution in [2.75, 3.05) is 65.4 Å². The topological polar surface area (TPSA) is 289 Å². The van der Waals surface area contributed by atoms with E-state index in [2.05, 4.69) is 114 Å². The van der Waals surface area contributed by atoms with Crippen molar-refractivity contribution in [3.05, 3.63) is 317 Å². The zero-order valence-electron chi connectivity index (χ0n) is 72.8. The van der Waals surface area contributed by atoms with Gasteiger partial charge in [-0.1, -0.05) is 116 Å². The second kappa shape index (κ2) is 42.3. The summed E-state index contributed by atoms with van der Waals surface area (Å²) < 4.78 is 78.9. The number of terminal acetylenes is 1. The van der Waals surface area contributed by atoms with Crippen molar-refractivity contribution in [1.82, 2.24) is 75.2 Å². The summed E-state index contributed by atoms with van der Waals surface area (Å²) in [6, 6.07) is 37.4. The van der Waals surface area contributed by atoms with Gasteiger partial charge < -0.3 is 56.0 Å². The third-order valence-corrected chi connectivity index (χ3v) is 25.7.